The fraction of sp³-hybridized carbons (Fsp3) is 1.00. The molecule has 10 heavy (non-hydrogen) atoms. The summed E-state index contributed by atoms with van der Waals surface area (Å²) in [5.74, 6) is 0. The van der Waals surface area contributed by atoms with Gasteiger partial charge in [-0.15, -0.1) is 0 Å². The summed E-state index contributed by atoms with van der Waals surface area (Å²) in [4.78, 5) is 2.00. The van der Waals surface area contributed by atoms with E-state index in [1.54, 1.807) is 0 Å². The molecule has 62 valence electrons. The molecule has 0 spiro atoms. The summed E-state index contributed by atoms with van der Waals surface area (Å²) in [5.41, 5.74) is 0. The standard InChI is InChI=1S/C7H17FN2/c1-9-5-3-6-10(2)7-4-8/h9H,3-7H2,1-2H3. The van der Waals surface area contributed by atoms with Crippen LogP contribution in [0.2, 0.25) is 0 Å². The second-order valence-electron chi connectivity index (χ2n) is 2.45. The SMILES string of the molecule is CNCCCN(C)CCF. The van der Waals surface area contributed by atoms with Gasteiger partial charge in [0.1, 0.15) is 6.67 Å². The van der Waals surface area contributed by atoms with Crippen molar-refractivity contribution in [1.82, 2.24) is 10.2 Å². The molecule has 3 heteroatoms. The fourth-order valence-corrected chi connectivity index (χ4v) is 0.782. The van der Waals surface area contributed by atoms with Gasteiger partial charge in [-0.25, -0.2) is 4.39 Å². The summed E-state index contributed by atoms with van der Waals surface area (Å²) >= 11 is 0. The largest absolute Gasteiger partial charge is 0.320 e. The highest BCUT2D eigenvalue weighted by molar-refractivity contribution is 4.51. The number of hydrogen-bond acceptors (Lipinski definition) is 2. The lowest BCUT2D eigenvalue weighted by atomic mass is 10.4. The maximum absolute atomic E-state index is 11.7. The topological polar surface area (TPSA) is 15.3 Å². The van der Waals surface area contributed by atoms with Gasteiger partial charge in [0.15, 0.2) is 0 Å². The maximum Gasteiger partial charge on any atom is 0.102 e. The summed E-state index contributed by atoms with van der Waals surface area (Å²) < 4.78 is 11.7. The van der Waals surface area contributed by atoms with Crippen LogP contribution in [0.5, 0.6) is 0 Å². The molecule has 0 saturated heterocycles. The number of hydrogen-bond donors (Lipinski definition) is 1. The zero-order valence-corrected chi connectivity index (χ0v) is 6.86. The van der Waals surface area contributed by atoms with Crippen molar-refractivity contribution in [2.45, 2.75) is 6.42 Å². The first-order valence-electron chi connectivity index (χ1n) is 3.70. The molecule has 0 atom stereocenters. The number of nitrogens with zero attached hydrogens (tertiary/aromatic N) is 1. The lowest BCUT2D eigenvalue weighted by Crippen LogP contribution is -2.24. The van der Waals surface area contributed by atoms with Gasteiger partial charge in [-0.1, -0.05) is 0 Å². The van der Waals surface area contributed by atoms with Crippen LogP contribution in [-0.2, 0) is 0 Å². The number of rotatable bonds is 6. The van der Waals surface area contributed by atoms with Gasteiger partial charge in [0.25, 0.3) is 0 Å². The van der Waals surface area contributed by atoms with Gasteiger partial charge >= 0.3 is 0 Å². The van der Waals surface area contributed by atoms with Crippen molar-refractivity contribution in [1.29, 1.82) is 0 Å². The van der Waals surface area contributed by atoms with Crippen molar-refractivity contribution in [2.24, 2.45) is 0 Å². The van der Waals surface area contributed by atoms with E-state index in [0.717, 1.165) is 19.5 Å². The highest BCUT2D eigenvalue weighted by Gasteiger charge is 1.94. The first kappa shape index (κ1) is 9.85. The summed E-state index contributed by atoms with van der Waals surface area (Å²) in [6.45, 7) is 2.31. The Balaban J connectivity index is 2.97. The molecule has 2 nitrogen and oxygen atoms in total. The minimum Gasteiger partial charge on any atom is -0.320 e. The molecule has 0 aliphatic rings. The van der Waals surface area contributed by atoms with Gasteiger partial charge in [0, 0.05) is 6.54 Å². The van der Waals surface area contributed by atoms with Crippen LogP contribution in [0.15, 0.2) is 0 Å². The first-order chi connectivity index (χ1) is 4.81. The molecule has 0 aromatic heterocycles. The number of alkyl halides is 1. The molecule has 0 saturated carbocycles. The van der Waals surface area contributed by atoms with E-state index in [2.05, 4.69) is 5.32 Å². The van der Waals surface area contributed by atoms with Gasteiger partial charge in [0.05, 0.1) is 0 Å². The van der Waals surface area contributed by atoms with Gasteiger partial charge < -0.3 is 10.2 Å². The molecule has 0 rings (SSSR count). The Hall–Kier alpha value is -0.150. The molecule has 0 aromatic rings. The van der Waals surface area contributed by atoms with E-state index in [1.807, 2.05) is 19.0 Å². The highest BCUT2D eigenvalue weighted by Crippen LogP contribution is 1.85. The molecule has 0 amide bonds. The van der Waals surface area contributed by atoms with E-state index >= 15 is 0 Å². The van der Waals surface area contributed by atoms with Gasteiger partial charge in [-0.3, -0.25) is 0 Å². The van der Waals surface area contributed by atoms with Crippen LogP contribution in [0, 0.1) is 0 Å². The zero-order chi connectivity index (χ0) is 7.82. The third-order valence-electron chi connectivity index (χ3n) is 1.43. The van der Waals surface area contributed by atoms with Crippen molar-refractivity contribution in [3.63, 3.8) is 0 Å². The second-order valence-corrected chi connectivity index (χ2v) is 2.45. The molecule has 0 heterocycles. The molecular formula is C7H17FN2. The van der Waals surface area contributed by atoms with E-state index in [0.29, 0.717) is 6.54 Å². The van der Waals surface area contributed by atoms with Crippen molar-refractivity contribution in [3.05, 3.63) is 0 Å². The molecule has 0 radical (unpaired) electrons. The Morgan fingerprint density at radius 3 is 2.60 bits per heavy atom. The summed E-state index contributed by atoms with van der Waals surface area (Å²) in [6, 6.07) is 0. The van der Waals surface area contributed by atoms with Crippen molar-refractivity contribution < 1.29 is 4.39 Å². The monoisotopic (exact) mass is 148 g/mol. The van der Waals surface area contributed by atoms with E-state index in [-0.39, 0.29) is 6.67 Å². The minimum atomic E-state index is -0.240. The van der Waals surface area contributed by atoms with Gasteiger partial charge in [-0.05, 0) is 33.6 Å². The minimum absolute atomic E-state index is 0.240. The molecule has 0 unspecified atom stereocenters. The predicted molar refractivity (Wildman–Crippen MR) is 42.0 cm³/mol. The molecule has 0 aliphatic carbocycles. The average molecular weight is 148 g/mol. The van der Waals surface area contributed by atoms with Crippen LogP contribution in [-0.4, -0.2) is 45.3 Å². The highest BCUT2D eigenvalue weighted by atomic mass is 19.1. The lowest BCUT2D eigenvalue weighted by Gasteiger charge is -2.13. The average Bonchev–Trinajstić information content (AvgIpc) is 1.89. The fourth-order valence-electron chi connectivity index (χ4n) is 0.782. The summed E-state index contributed by atoms with van der Waals surface area (Å²) in [5, 5.41) is 3.04. The van der Waals surface area contributed by atoms with Crippen LogP contribution in [0.25, 0.3) is 0 Å². The number of nitrogens with one attached hydrogen (secondary N) is 1. The second kappa shape index (κ2) is 6.96. The Labute approximate surface area is 62.4 Å². The van der Waals surface area contributed by atoms with E-state index in [9.17, 15) is 4.39 Å². The Kier molecular flexibility index (Phi) is 6.86. The van der Waals surface area contributed by atoms with Crippen molar-refractivity contribution in [3.8, 4) is 0 Å². The maximum atomic E-state index is 11.7. The summed E-state index contributed by atoms with van der Waals surface area (Å²) in [6.07, 6.45) is 1.09. The van der Waals surface area contributed by atoms with Crippen molar-refractivity contribution >= 4 is 0 Å². The van der Waals surface area contributed by atoms with Crippen molar-refractivity contribution in [2.75, 3.05) is 40.4 Å². The summed E-state index contributed by atoms with van der Waals surface area (Å²) in [7, 11) is 3.87. The molecule has 0 bridgehead atoms. The quantitative estimate of drug-likeness (QED) is 0.552. The molecule has 0 fully saturated rings. The van der Waals surface area contributed by atoms with E-state index in [4.69, 9.17) is 0 Å². The van der Waals surface area contributed by atoms with Crippen LogP contribution in [0.1, 0.15) is 6.42 Å². The van der Waals surface area contributed by atoms with Crippen LogP contribution in [0.4, 0.5) is 4.39 Å². The zero-order valence-electron chi connectivity index (χ0n) is 6.86. The lowest BCUT2D eigenvalue weighted by molar-refractivity contribution is 0.291. The molecular weight excluding hydrogens is 131 g/mol. The van der Waals surface area contributed by atoms with E-state index in [1.165, 1.54) is 0 Å². The number of halogens is 1. The molecule has 1 N–H and O–H groups in total. The third kappa shape index (κ3) is 5.98. The molecule has 0 aromatic carbocycles. The van der Waals surface area contributed by atoms with Crippen LogP contribution < -0.4 is 5.32 Å². The normalized spacial score (nSPS) is 10.8. The van der Waals surface area contributed by atoms with Gasteiger partial charge in [-0.2, -0.15) is 0 Å². The molecule has 0 aliphatic heterocycles. The van der Waals surface area contributed by atoms with E-state index < -0.39 is 0 Å². The third-order valence-corrected chi connectivity index (χ3v) is 1.43. The Morgan fingerprint density at radius 1 is 1.40 bits per heavy atom. The smallest absolute Gasteiger partial charge is 0.102 e. The Bertz CT molecular complexity index is 68.6. The van der Waals surface area contributed by atoms with Crippen LogP contribution >= 0.6 is 0 Å². The Morgan fingerprint density at radius 2 is 2.10 bits per heavy atom. The predicted octanol–water partition coefficient (Wildman–Crippen LogP) is 0.497. The van der Waals surface area contributed by atoms with Gasteiger partial charge in [0.2, 0.25) is 0 Å². The van der Waals surface area contributed by atoms with Crippen LogP contribution in [0.3, 0.4) is 0 Å². The first-order valence-corrected chi connectivity index (χ1v) is 3.70.